The average Bonchev–Trinajstić information content (AvgIpc) is 3.78. The molecule has 3 heterocycles. The van der Waals surface area contributed by atoms with Crippen LogP contribution in [0.3, 0.4) is 0 Å². The Bertz CT molecular complexity index is 3360. The Labute approximate surface area is 431 Å². The van der Waals surface area contributed by atoms with Gasteiger partial charge in [-0.2, -0.15) is 13.2 Å². The van der Waals surface area contributed by atoms with Gasteiger partial charge in [0.1, 0.15) is 45.7 Å². The van der Waals surface area contributed by atoms with Crippen molar-refractivity contribution in [2.24, 2.45) is 0 Å². The minimum Gasteiger partial charge on any atom is -0.379 e. The van der Waals surface area contributed by atoms with E-state index in [-0.39, 0.29) is 58.3 Å². The highest BCUT2D eigenvalue weighted by Crippen LogP contribution is 2.44. The fourth-order valence-corrected chi connectivity index (χ4v) is 13.1. The fraction of sp³-hybridized carbons (Fsp3) is 0.346. The van der Waals surface area contributed by atoms with Crippen LogP contribution in [0.25, 0.3) is 10.9 Å². The molecule has 2 aliphatic rings. The predicted molar refractivity (Wildman–Crippen MR) is 274 cm³/mol. The Morgan fingerprint density at radius 2 is 1.32 bits per heavy atom. The van der Waals surface area contributed by atoms with Crippen LogP contribution < -0.4 is 14.8 Å². The SMILES string of the molecule is CN(C)[C@H]1C[C@@H](c2cccc(CCN(C)[C@H]3C[C@@H](c4cccc(C(F)(F)F)c4)CC[C@@H]3n3ccc4cc(S(=O)(=O)Nc5ccncn5)c(F)cc43)c2)CC[C@@H]1Nc1cc(F)c(S(=O)(=O)Nc2ccncn2)cc1Cl. The molecule has 2 aliphatic carbocycles. The number of sulfonamides is 2. The van der Waals surface area contributed by atoms with Crippen LogP contribution in [0.15, 0.2) is 132 Å². The van der Waals surface area contributed by atoms with Crippen molar-refractivity contribution in [3.05, 3.63) is 161 Å². The van der Waals surface area contributed by atoms with Crippen LogP contribution in [0.1, 0.15) is 78.7 Å². The zero-order valence-corrected chi connectivity index (χ0v) is 42.9. The number of nitrogens with zero attached hydrogens (tertiary/aromatic N) is 7. The first-order valence-electron chi connectivity index (χ1n) is 24.0. The normalized spacial score (nSPS) is 20.7. The van der Waals surface area contributed by atoms with E-state index in [1.165, 1.54) is 67.0 Å². The summed E-state index contributed by atoms with van der Waals surface area (Å²) in [5.41, 5.74) is 2.93. The Kier molecular flexibility index (Phi) is 15.3. The molecule has 390 valence electrons. The van der Waals surface area contributed by atoms with E-state index >= 15 is 8.78 Å². The molecule has 0 radical (unpaired) electrons. The zero-order valence-electron chi connectivity index (χ0n) is 40.5. The van der Waals surface area contributed by atoms with E-state index < -0.39 is 53.2 Å². The Balaban J connectivity index is 0.912. The quantitative estimate of drug-likeness (QED) is 0.0788. The number of alkyl halides is 3. The molecular formula is C52H54ClF5N10O4S2. The highest BCUT2D eigenvalue weighted by molar-refractivity contribution is 7.93. The van der Waals surface area contributed by atoms with Crippen molar-refractivity contribution < 1.29 is 38.8 Å². The lowest BCUT2D eigenvalue weighted by molar-refractivity contribution is -0.137. The minimum atomic E-state index is -4.50. The van der Waals surface area contributed by atoms with Gasteiger partial charge in [0.25, 0.3) is 20.0 Å². The van der Waals surface area contributed by atoms with Gasteiger partial charge in [-0.3, -0.25) is 9.44 Å². The number of hydrogen-bond donors (Lipinski definition) is 3. The number of fused-ring (bicyclic) bond motifs is 1. The van der Waals surface area contributed by atoms with Crippen molar-refractivity contribution in [1.82, 2.24) is 34.3 Å². The maximum atomic E-state index is 16.0. The summed E-state index contributed by atoms with van der Waals surface area (Å²) in [6.07, 6.45) is 6.97. The van der Waals surface area contributed by atoms with E-state index in [1.54, 1.807) is 12.1 Å². The molecule has 9 rings (SSSR count). The smallest absolute Gasteiger partial charge is 0.379 e. The molecule has 0 saturated heterocycles. The summed E-state index contributed by atoms with van der Waals surface area (Å²) in [5, 5.41) is 3.95. The third-order valence-electron chi connectivity index (χ3n) is 14.4. The van der Waals surface area contributed by atoms with E-state index in [0.29, 0.717) is 55.1 Å². The molecule has 0 unspecified atom stereocenters. The highest BCUT2D eigenvalue weighted by Gasteiger charge is 2.38. The van der Waals surface area contributed by atoms with Crippen LogP contribution in [-0.4, -0.2) is 97.0 Å². The molecule has 22 heteroatoms. The van der Waals surface area contributed by atoms with E-state index in [2.05, 4.69) is 62.7 Å². The van der Waals surface area contributed by atoms with Gasteiger partial charge in [0, 0.05) is 54.7 Å². The van der Waals surface area contributed by atoms with Gasteiger partial charge in [-0.25, -0.2) is 45.6 Å². The van der Waals surface area contributed by atoms with Crippen molar-refractivity contribution in [2.75, 3.05) is 42.4 Å². The van der Waals surface area contributed by atoms with Crippen LogP contribution in [0.2, 0.25) is 5.02 Å². The first-order valence-corrected chi connectivity index (χ1v) is 27.3. The van der Waals surface area contributed by atoms with Gasteiger partial charge in [-0.05, 0) is 143 Å². The van der Waals surface area contributed by atoms with Gasteiger partial charge in [-0.1, -0.05) is 54.1 Å². The number of benzene rings is 4. The van der Waals surface area contributed by atoms with Crippen molar-refractivity contribution in [1.29, 1.82) is 0 Å². The number of halogens is 6. The number of nitrogens with one attached hydrogen (secondary N) is 3. The Hall–Kier alpha value is -6.26. The second-order valence-electron chi connectivity index (χ2n) is 19.3. The van der Waals surface area contributed by atoms with E-state index in [4.69, 9.17) is 11.6 Å². The topological polar surface area (TPSA) is 167 Å². The lowest BCUT2D eigenvalue weighted by atomic mass is 9.77. The van der Waals surface area contributed by atoms with Gasteiger partial charge in [0.05, 0.1) is 21.8 Å². The third-order valence-corrected chi connectivity index (χ3v) is 17.5. The molecule has 0 spiro atoms. The first-order chi connectivity index (χ1) is 35.2. The summed E-state index contributed by atoms with van der Waals surface area (Å²) >= 11 is 6.62. The summed E-state index contributed by atoms with van der Waals surface area (Å²) < 4.78 is 133. The van der Waals surface area contributed by atoms with Crippen LogP contribution in [0.4, 0.5) is 39.3 Å². The maximum Gasteiger partial charge on any atom is 0.416 e. The molecule has 14 nitrogen and oxygen atoms in total. The molecular weight excluding hydrogens is 1020 g/mol. The number of hydrogen-bond acceptors (Lipinski definition) is 11. The zero-order chi connectivity index (χ0) is 52.5. The molecule has 3 aromatic heterocycles. The largest absolute Gasteiger partial charge is 0.416 e. The van der Waals surface area contributed by atoms with Gasteiger partial charge in [-0.15, -0.1) is 0 Å². The number of anilines is 3. The highest BCUT2D eigenvalue weighted by atomic mass is 35.5. The van der Waals surface area contributed by atoms with Crippen molar-refractivity contribution in [3.8, 4) is 0 Å². The summed E-state index contributed by atoms with van der Waals surface area (Å²) in [5.74, 6) is -1.96. The molecule has 0 bridgehead atoms. The predicted octanol–water partition coefficient (Wildman–Crippen LogP) is 10.5. The molecule has 2 fully saturated rings. The second-order valence-corrected chi connectivity index (χ2v) is 23.0. The Morgan fingerprint density at radius 3 is 1.96 bits per heavy atom. The monoisotopic (exact) mass is 1080 g/mol. The first kappa shape index (κ1) is 52.6. The second kappa shape index (κ2) is 21.5. The van der Waals surface area contributed by atoms with Crippen molar-refractivity contribution in [3.63, 3.8) is 0 Å². The summed E-state index contributed by atoms with van der Waals surface area (Å²) in [4.78, 5) is 18.5. The average molecular weight is 1080 g/mol. The lowest BCUT2D eigenvalue weighted by Crippen LogP contribution is -2.47. The lowest BCUT2D eigenvalue weighted by Gasteiger charge is -2.42. The maximum absolute atomic E-state index is 16.0. The molecule has 3 N–H and O–H groups in total. The summed E-state index contributed by atoms with van der Waals surface area (Å²) in [7, 11) is -2.74. The molecule has 0 aliphatic heterocycles. The fourth-order valence-electron chi connectivity index (χ4n) is 10.6. The van der Waals surface area contributed by atoms with Crippen molar-refractivity contribution in [2.45, 2.75) is 96.9 Å². The molecule has 0 amide bonds. The minimum absolute atomic E-state index is 0.00577. The van der Waals surface area contributed by atoms with Crippen LogP contribution in [0.5, 0.6) is 0 Å². The van der Waals surface area contributed by atoms with Gasteiger partial charge < -0.3 is 19.7 Å². The Morgan fingerprint density at radius 1 is 0.716 bits per heavy atom. The van der Waals surface area contributed by atoms with E-state index in [1.807, 2.05) is 38.0 Å². The molecule has 4 aromatic carbocycles. The third kappa shape index (κ3) is 11.7. The van der Waals surface area contributed by atoms with Gasteiger partial charge in [0.15, 0.2) is 0 Å². The molecule has 74 heavy (non-hydrogen) atoms. The van der Waals surface area contributed by atoms with Crippen LogP contribution in [0, 0.1) is 11.6 Å². The summed E-state index contributed by atoms with van der Waals surface area (Å²) in [6.45, 7) is 0.593. The van der Waals surface area contributed by atoms with E-state index in [0.717, 1.165) is 36.6 Å². The molecule has 7 aromatic rings. The van der Waals surface area contributed by atoms with Gasteiger partial charge in [0.2, 0.25) is 0 Å². The number of rotatable bonds is 16. The van der Waals surface area contributed by atoms with Gasteiger partial charge >= 0.3 is 6.18 Å². The molecule has 2 saturated carbocycles. The number of likely N-dealkylation sites (N-methyl/N-ethyl adjacent to an activating group) is 2. The van der Waals surface area contributed by atoms with Crippen LogP contribution in [-0.2, 0) is 32.6 Å². The van der Waals surface area contributed by atoms with E-state index in [9.17, 15) is 30.0 Å². The standard InChI is InChI=1S/C52H54ClF5N10O4S2/c1-66(2)46-24-35(10-12-42(46)63-43-28-40(54)49(27-39(43)53)74(71,72)65-51-15-19-60-31-62-51)33-7-4-6-32(22-33)16-20-67(3)47-25-36(34-8-5-9-38(23-34)52(56,57)58)11-13-44(47)68-21-17-37-26-48(41(55)29-45(37)68)73(69,70)64-50-14-18-59-30-61-50/h4-9,14-15,17-19,21-23,26-31,35-36,42,44,46-47,63H,10-13,16,20,24-25H2,1-3H3,(H,59,61,64)(H,60,62,65)/t35-,36-,42-,44-,46-,47-/m0/s1. The summed E-state index contributed by atoms with van der Waals surface area (Å²) in [6, 6.07) is 22.5. The molecule has 6 atom stereocenters. The van der Waals surface area contributed by atoms with Crippen molar-refractivity contribution >= 4 is 59.9 Å². The number of aromatic nitrogens is 5. The van der Waals surface area contributed by atoms with Crippen LogP contribution >= 0.6 is 11.6 Å².